The molecular weight excluding hydrogens is 404 g/mol. The molecule has 2 N–H and O–H groups in total. The van der Waals surface area contributed by atoms with Gasteiger partial charge in [-0.2, -0.15) is 0 Å². The van der Waals surface area contributed by atoms with Gasteiger partial charge in [0.05, 0.1) is 12.2 Å². The number of piperazine rings is 1. The summed E-state index contributed by atoms with van der Waals surface area (Å²) in [6.07, 6.45) is 9.00. The van der Waals surface area contributed by atoms with Gasteiger partial charge in [-0.3, -0.25) is 9.69 Å². The maximum atomic E-state index is 12.3. The number of amides is 1. The Labute approximate surface area is 193 Å². The summed E-state index contributed by atoms with van der Waals surface area (Å²) in [4.78, 5) is 32.9. The molecule has 32 heavy (non-hydrogen) atoms. The number of aromatic amines is 1. The summed E-state index contributed by atoms with van der Waals surface area (Å²) in [6, 6.07) is 0.825. The van der Waals surface area contributed by atoms with E-state index >= 15 is 0 Å². The number of aromatic nitrogens is 1. The molecule has 1 aromatic rings. The first kappa shape index (κ1) is 24.8. The van der Waals surface area contributed by atoms with Crippen molar-refractivity contribution in [3.63, 3.8) is 0 Å². The fourth-order valence-electron chi connectivity index (χ4n) is 5.23. The van der Waals surface area contributed by atoms with Crippen molar-refractivity contribution in [1.29, 1.82) is 0 Å². The van der Waals surface area contributed by atoms with Crippen LogP contribution in [-0.4, -0.2) is 78.6 Å². The Hall–Kier alpha value is -1.86. The smallest absolute Gasteiger partial charge is 0.340 e. The Morgan fingerprint density at radius 3 is 2.50 bits per heavy atom. The van der Waals surface area contributed by atoms with E-state index in [0.717, 1.165) is 55.6 Å². The van der Waals surface area contributed by atoms with Crippen molar-refractivity contribution in [2.75, 3.05) is 45.9 Å². The summed E-state index contributed by atoms with van der Waals surface area (Å²) in [7, 11) is 0. The molecular formula is C25H42N4O3. The number of carbonyl (C=O) groups is 2. The predicted molar refractivity (Wildman–Crippen MR) is 127 cm³/mol. The monoisotopic (exact) mass is 446 g/mol. The number of hydrogen-bond acceptors (Lipinski definition) is 5. The average molecular weight is 447 g/mol. The standard InChI is InChI=1S/C25H42N4O3/c1-4-32-25(31)24-19(2)22(27-20(24)3)11-12-23(30)26-13-8-14-28-15-17-29(18-16-28)21-9-6-5-7-10-21/h21,27H,4-18H2,1-3H3,(H,26,30). The van der Waals surface area contributed by atoms with E-state index in [-0.39, 0.29) is 11.9 Å². The minimum atomic E-state index is -0.297. The zero-order chi connectivity index (χ0) is 22.9. The molecule has 1 amide bonds. The Morgan fingerprint density at radius 1 is 1.09 bits per heavy atom. The summed E-state index contributed by atoms with van der Waals surface area (Å²) in [5.41, 5.74) is 3.24. The highest BCUT2D eigenvalue weighted by molar-refractivity contribution is 5.92. The van der Waals surface area contributed by atoms with Crippen LogP contribution in [0.15, 0.2) is 0 Å². The van der Waals surface area contributed by atoms with Crippen LogP contribution in [0.4, 0.5) is 0 Å². The van der Waals surface area contributed by atoms with Crippen molar-refractivity contribution in [2.45, 2.75) is 78.2 Å². The highest BCUT2D eigenvalue weighted by Gasteiger charge is 2.25. The topological polar surface area (TPSA) is 77.7 Å². The van der Waals surface area contributed by atoms with Crippen LogP contribution in [0, 0.1) is 13.8 Å². The maximum absolute atomic E-state index is 12.3. The molecule has 1 saturated carbocycles. The number of H-pyrrole nitrogens is 1. The number of aryl methyl sites for hydroxylation is 2. The molecule has 1 aromatic heterocycles. The molecule has 0 unspecified atom stereocenters. The van der Waals surface area contributed by atoms with Gasteiger partial charge < -0.3 is 19.9 Å². The molecule has 0 spiro atoms. The highest BCUT2D eigenvalue weighted by atomic mass is 16.5. The minimum absolute atomic E-state index is 0.0662. The van der Waals surface area contributed by atoms with E-state index in [1.54, 1.807) is 6.92 Å². The third-order valence-corrected chi connectivity index (χ3v) is 7.09. The highest BCUT2D eigenvalue weighted by Crippen LogP contribution is 2.23. The lowest BCUT2D eigenvalue weighted by molar-refractivity contribution is -0.121. The molecule has 0 radical (unpaired) electrons. The number of hydrogen-bond donors (Lipinski definition) is 2. The van der Waals surface area contributed by atoms with Crippen LogP contribution in [0.1, 0.15) is 79.2 Å². The Balaban J connectivity index is 1.30. The second-order valence-electron chi connectivity index (χ2n) is 9.32. The lowest BCUT2D eigenvalue weighted by Crippen LogP contribution is -2.51. The van der Waals surface area contributed by atoms with E-state index in [2.05, 4.69) is 20.1 Å². The molecule has 3 rings (SSSR count). The SMILES string of the molecule is CCOC(=O)c1c(C)[nH]c(CCC(=O)NCCCN2CCN(C3CCCCC3)CC2)c1C. The van der Waals surface area contributed by atoms with Crippen molar-refractivity contribution >= 4 is 11.9 Å². The first-order valence-corrected chi connectivity index (χ1v) is 12.6. The van der Waals surface area contributed by atoms with Crippen LogP contribution in [0.2, 0.25) is 0 Å². The predicted octanol–water partition coefficient (Wildman–Crippen LogP) is 3.20. The summed E-state index contributed by atoms with van der Waals surface area (Å²) in [6.45, 7) is 12.4. The molecule has 0 bridgehead atoms. The Morgan fingerprint density at radius 2 is 1.81 bits per heavy atom. The van der Waals surface area contributed by atoms with E-state index in [9.17, 15) is 9.59 Å². The van der Waals surface area contributed by atoms with Gasteiger partial charge in [0, 0.05) is 56.6 Å². The fourth-order valence-corrected chi connectivity index (χ4v) is 5.23. The van der Waals surface area contributed by atoms with E-state index in [1.807, 2.05) is 13.8 Å². The van der Waals surface area contributed by atoms with Crippen molar-refractivity contribution in [3.05, 3.63) is 22.5 Å². The van der Waals surface area contributed by atoms with Crippen LogP contribution in [0.25, 0.3) is 0 Å². The number of ether oxygens (including phenoxy) is 1. The van der Waals surface area contributed by atoms with Crippen molar-refractivity contribution < 1.29 is 14.3 Å². The zero-order valence-corrected chi connectivity index (χ0v) is 20.3. The molecule has 1 aliphatic carbocycles. The number of nitrogens with zero attached hydrogens (tertiary/aromatic N) is 2. The summed E-state index contributed by atoms with van der Waals surface area (Å²) < 4.78 is 5.14. The van der Waals surface area contributed by atoms with Gasteiger partial charge in [0.25, 0.3) is 0 Å². The molecule has 0 aromatic carbocycles. The fraction of sp³-hybridized carbons (Fsp3) is 0.760. The summed E-state index contributed by atoms with van der Waals surface area (Å²) in [5.74, 6) is -0.231. The second kappa shape index (κ2) is 12.4. The molecule has 1 saturated heterocycles. The third kappa shape index (κ3) is 6.82. The third-order valence-electron chi connectivity index (χ3n) is 7.09. The van der Waals surface area contributed by atoms with Crippen LogP contribution in [-0.2, 0) is 16.0 Å². The quantitative estimate of drug-likeness (QED) is 0.426. The van der Waals surface area contributed by atoms with Gasteiger partial charge in [-0.1, -0.05) is 19.3 Å². The molecule has 2 aliphatic rings. The molecule has 2 heterocycles. The van der Waals surface area contributed by atoms with Gasteiger partial charge in [0.1, 0.15) is 0 Å². The normalized spacial score (nSPS) is 18.6. The lowest BCUT2D eigenvalue weighted by Gasteiger charge is -2.40. The van der Waals surface area contributed by atoms with Gasteiger partial charge in [-0.15, -0.1) is 0 Å². The van der Waals surface area contributed by atoms with Crippen LogP contribution < -0.4 is 5.32 Å². The van der Waals surface area contributed by atoms with Crippen molar-refractivity contribution in [2.24, 2.45) is 0 Å². The first-order chi connectivity index (χ1) is 15.5. The summed E-state index contributed by atoms with van der Waals surface area (Å²) >= 11 is 0. The molecule has 1 aliphatic heterocycles. The van der Waals surface area contributed by atoms with Gasteiger partial charge in [-0.05, 0) is 58.6 Å². The molecule has 7 nitrogen and oxygen atoms in total. The average Bonchev–Trinajstić information content (AvgIpc) is 3.09. The van der Waals surface area contributed by atoms with E-state index in [0.29, 0.717) is 25.0 Å². The molecule has 0 atom stereocenters. The molecule has 7 heteroatoms. The first-order valence-electron chi connectivity index (χ1n) is 12.6. The summed E-state index contributed by atoms with van der Waals surface area (Å²) in [5, 5.41) is 3.06. The number of carbonyl (C=O) groups excluding carboxylic acids is 2. The zero-order valence-electron chi connectivity index (χ0n) is 20.3. The molecule has 180 valence electrons. The van der Waals surface area contributed by atoms with Crippen molar-refractivity contribution in [3.8, 4) is 0 Å². The number of esters is 1. The lowest BCUT2D eigenvalue weighted by atomic mass is 9.94. The van der Waals surface area contributed by atoms with Gasteiger partial charge in [-0.25, -0.2) is 4.79 Å². The minimum Gasteiger partial charge on any atom is -0.462 e. The van der Waals surface area contributed by atoms with Crippen LogP contribution in [0.5, 0.6) is 0 Å². The van der Waals surface area contributed by atoms with Gasteiger partial charge in [0.2, 0.25) is 5.91 Å². The van der Waals surface area contributed by atoms with Gasteiger partial charge >= 0.3 is 5.97 Å². The number of nitrogens with one attached hydrogen (secondary N) is 2. The van der Waals surface area contributed by atoms with Gasteiger partial charge in [0.15, 0.2) is 0 Å². The Kier molecular flexibility index (Phi) is 9.60. The van der Waals surface area contributed by atoms with Crippen molar-refractivity contribution in [1.82, 2.24) is 20.1 Å². The molecule has 2 fully saturated rings. The van der Waals surface area contributed by atoms with E-state index in [1.165, 1.54) is 45.2 Å². The van der Waals surface area contributed by atoms with Crippen LogP contribution >= 0.6 is 0 Å². The van der Waals surface area contributed by atoms with E-state index in [4.69, 9.17) is 4.74 Å². The largest absolute Gasteiger partial charge is 0.462 e. The Bertz CT molecular complexity index is 747. The second-order valence-corrected chi connectivity index (χ2v) is 9.32. The maximum Gasteiger partial charge on any atom is 0.340 e. The van der Waals surface area contributed by atoms with Crippen LogP contribution in [0.3, 0.4) is 0 Å². The number of rotatable bonds is 10. The van der Waals surface area contributed by atoms with E-state index < -0.39 is 0 Å².